The van der Waals surface area contributed by atoms with Crippen LogP contribution in [-0.4, -0.2) is 9.97 Å². The van der Waals surface area contributed by atoms with E-state index in [1.54, 1.807) is 12.5 Å². The molecule has 0 aliphatic heterocycles. The maximum absolute atomic E-state index is 5.17. The van der Waals surface area contributed by atoms with Crippen LogP contribution >= 0.6 is 12.2 Å². The summed E-state index contributed by atoms with van der Waals surface area (Å²) < 4.78 is 5.66. The molecule has 0 aromatic carbocycles. The number of H-pyrrole nitrogens is 1. The molecule has 0 bridgehead atoms. The van der Waals surface area contributed by atoms with Gasteiger partial charge in [-0.15, -0.1) is 0 Å². The minimum absolute atomic E-state index is 0.0483. The Hall–Kier alpha value is -1.42. The number of nitrogens with zero attached hydrogens (tertiary/aromatic N) is 1. The van der Waals surface area contributed by atoms with Gasteiger partial charge in [-0.25, -0.2) is 4.98 Å². The molecule has 2 aromatic heterocycles. The summed E-state index contributed by atoms with van der Waals surface area (Å²) in [5.41, 5.74) is 1.88. The smallest absolute Gasteiger partial charge is 0.130 e. The second-order valence-electron chi connectivity index (χ2n) is 4.74. The van der Waals surface area contributed by atoms with Gasteiger partial charge in [0.25, 0.3) is 0 Å². The van der Waals surface area contributed by atoms with Crippen molar-refractivity contribution >= 4 is 12.2 Å². The van der Waals surface area contributed by atoms with Gasteiger partial charge in [0.1, 0.15) is 10.5 Å². The second kappa shape index (κ2) is 3.87. The van der Waals surface area contributed by atoms with E-state index in [2.05, 4.69) is 30.7 Å². The van der Waals surface area contributed by atoms with Gasteiger partial charge in [-0.3, -0.25) is 0 Å². The number of aromatic nitrogens is 2. The van der Waals surface area contributed by atoms with Gasteiger partial charge < -0.3 is 9.40 Å². The van der Waals surface area contributed by atoms with E-state index in [1.807, 2.05) is 12.1 Å². The quantitative estimate of drug-likeness (QED) is 0.765. The van der Waals surface area contributed by atoms with E-state index >= 15 is 0 Å². The molecule has 2 aromatic rings. The summed E-state index contributed by atoms with van der Waals surface area (Å²) in [5.74, 6) is 0.885. The first-order valence-corrected chi connectivity index (χ1v) is 5.52. The Morgan fingerprint density at radius 3 is 2.69 bits per heavy atom. The molecule has 0 fully saturated rings. The second-order valence-corrected chi connectivity index (χ2v) is 5.16. The minimum atomic E-state index is -0.0483. The average Bonchev–Trinajstić information content (AvgIpc) is 2.68. The van der Waals surface area contributed by atoms with Crippen molar-refractivity contribution in [3.05, 3.63) is 35.1 Å². The molecular weight excluding hydrogens is 220 g/mol. The summed E-state index contributed by atoms with van der Waals surface area (Å²) in [4.78, 5) is 7.63. The molecule has 0 saturated heterocycles. The number of nitrogens with one attached hydrogen (secondary N) is 1. The molecule has 0 spiro atoms. The Labute approximate surface area is 99.5 Å². The third-order valence-electron chi connectivity index (χ3n) is 2.29. The van der Waals surface area contributed by atoms with Gasteiger partial charge in [0, 0.05) is 11.0 Å². The molecule has 16 heavy (non-hydrogen) atoms. The third-order valence-corrected chi connectivity index (χ3v) is 2.49. The monoisotopic (exact) mass is 234 g/mol. The lowest BCUT2D eigenvalue weighted by Crippen LogP contribution is -2.16. The first-order chi connectivity index (χ1) is 7.47. The first kappa shape index (κ1) is 11.1. The third kappa shape index (κ3) is 2.22. The largest absolute Gasteiger partial charge is 0.472 e. The van der Waals surface area contributed by atoms with Crippen molar-refractivity contribution in [1.82, 2.24) is 9.97 Å². The molecule has 3 nitrogen and oxygen atoms in total. The number of rotatable bonds is 1. The Bertz CT molecular complexity index is 535. The van der Waals surface area contributed by atoms with Crippen molar-refractivity contribution < 1.29 is 4.42 Å². The van der Waals surface area contributed by atoms with Gasteiger partial charge in [0.05, 0.1) is 18.2 Å². The van der Waals surface area contributed by atoms with Gasteiger partial charge >= 0.3 is 0 Å². The lowest BCUT2D eigenvalue weighted by atomic mass is 9.95. The molecule has 0 aliphatic carbocycles. The highest BCUT2D eigenvalue weighted by atomic mass is 32.1. The lowest BCUT2D eigenvalue weighted by Gasteiger charge is -2.18. The topological polar surface area (TPSA) is 41.8 Å². The molecule has 4 heteroatoms. The van der Waals surface area contributed by atoms with Crippen LogP contribution in [0.5, 0.6) is 0 Å². The van der Waals surface area contributed by atoms with E-state index < -0.39 is 0 Å². The SMILES string of the molecule is CC(C)(C)c1nc(=S)cc(-c2ccoc2)[nH]1. The number of hydrogen-bond acceptors (Lipinski definition) is 3. The van der Waals surface area contributed by atoms with E-state index in [0.29, 0.717) is 4.64 Å². The fraction of sp³-hybridized carbons (Fsp3) is 0.333. The van der Waals surface area contributed by atoms with Crippen molar-refractivity contribution in [2.24, 2.45) is 0 Å². The zero-order valence-corrected chi connectivity index (χ0v) is 10.4. The Morgan fingerprint density at radius 2 is 2.12 bits per heavy atom. The van der Waals surface area contributed by atoms with Crippen molar-refractivity contribution in [3.8, 4) is 11.3 Å². The molecule has 84 valence electrons. The van der Waals surface area contributed by atoms with Crippen molar-refractivity contribution in [2.75, 3.05) is 0 Å². The van der Waals surface area contributed by atoms with Crippen molar-refractivity contribution in [2.45, 2.75) is 26.2 Å². The Morgan fingerprint density at radius 1 is 1.38 bits per heavy atom. The fourth-order valence-corrected chi connectivity index (χ4v) is 1.60. The van der Waals surface area contributed by atoms with Crippen LogP contribution < -0.4 is 0 Å². The van der Waals surface area contributed by atoms with E-state index in [9.17, 15) is 0 Å². The number of aromatic amines is 1. The molecule has 0 radical (unpaired) electrons. The average molecular weight is 234 g/mol. The van der Waals surface area contributed by atoms with Gasteiger partial charge in [0.2, 0.25) is 0 Å². The molecule has 0 atom stereocenters. The van der Waals surface area contributed by atoms with Gasteiger partial charge in [-0.1, -0.05) is 33.0 Å². The van der Waals surface area contributed by atoms with Crippen LogP contribution in [-0.2, 0) is 5.41 Å². The molecule has 1 N–H and O–H groups in total. The molecular formula is C12H14N2OS. The predicted octanol–water partition coefficient (Wildman–Crippen LogP) is 3.70. The van der Waals surface area contributed by atoms with E-state index in [-0.39, 0.29) is 5.41 Å². The van der Waals surface area contributed by atoms with E-state index in [0.717, 1.165) is 17.1 Å². The highest BCUT2D eigenvalue weighted by Crippen LogP contribution is 2.22. The molecule has 0 amide bonds. The summed E-state index contributed by atoms with van der Waals surface area (Å²) in [5, 5.41) is 0. The zero-order chi connectivity index (χ0) is 11.8. The molecule has 0 aliphatic rings. The summed E-state index contributed by atoms with van der Waals surface area (Å²) in [6.45, 7) is 6.29. The molecule has 0 unspecified atom stereocenters. The molecule has 2 heterocycles. The fourth-order valence-electron chi connectivity index (χ4n) is 1.39. The maximum atomic E-state index is 5.17. The number of furan rings is 1. The molecule has 2 rings (SSSR count). The van der Waals surface area contributed by atoms with Gasteiger partial charge in [0.15, 0.2) is 0 Å². The standard InChI is InChI=1S/C12H14N2OS/c1-12(2,3)11-13-9(6-10(16)14-11)8-4-5-15-7-8/h4-7H,1-3H3,(H,13,14,16). The van der Waals surface area contributed by atoms with E-state index in [4.69, 9.17) is 16.6 Å². The van der Waals surface area contributed by atoms with Crippen LogP contribution in [0.15, 0.2) is 29.1 Å². The maximum Gasteiger partial charge on any atom is 0.130 e. The number of hydrogen-bond donors (Lipinski definition) is 1. The Balaban J connectivity index is 2.57. The normalized spacial score (nSPS) is 11.7. The summed E-state index contributed by atoms with van der Waals surface area (Å²) in [7, 11) is 0. The molecule has 0 saturated carbocycles. The van der Waals surface area contributed by atoms with Crippen LogP contribution in [0.3, 0.4) is 0 Å². The van der Waals surface area contributed by atoms with Gasteiger partial charge in [-0.05, 0) is 12.1 Å². The predicted molar refractivity (Wildman–Crippen MR) is 65.8 cm³/mol. The van der Waals surface area contributed by atoms with E-state index in [1.165, 1.54) is 0 Å². The lowest BCUT2D eigenvalue weighted by molar-refractivity contribution is 0.544. The Kier molecular flexibility index (Phi) is 2.68. The minimum Gasteiger partial charge on any atom is -0.472 e. The highest BCUT2D eigenvalue weighted by molar-refractivity contribution is 7.71. The van der Waals surface area contributed by atoms with Crippen molar-refractivity contribution in [3.63, 3.8) is 0 Å². The van der Waals surface area contributed by atoms with Crippen LogP contribution in [0.25, 0.3) is 11.3 Å². The van der Waals surface area contributed by atoms with Crippen LogP contribution in [0.2, 0.25) is 0 Å². The van der Waals surface area contributed by atoms with Crippen LogP contribution in [0.1, 0.15) is 26.6 Å². The summed E-state index contributed by atoms with van der Waals surface area (Å²) in [6.07, 6.45) is 3.33. The summed E-state index contributed by atoms with van der Waals surface area (Å²) >= 11 is 5.17. The highest BCUT2D eigenvalue weighted by Gasteiger charge is 2.17. The first-order valence-electron chi connectivity index (χ1n) is 5.11. The van der Waals surface area contributed by atoms with Crippen LogP contribution in [0.4, 0.5) is 0 Å². The zero-order valence-electron chi connectivity index (χ0n) is 9.57. The van der Waals surface area contributed by atoms with Gasteiger partial charge in [-0.2, -0.15) is 0 Å². The van der Waals surface area contributed by atoms with Crippen molar-refractivity contribution in [1.29, 1.82) is 0 Å². The van der Waals surface area contributed by atoms with Crippen LogP contribution in [0, 0.1) is 4.64 Å². The summed E-state index contributed by atoms with van der Waals surface area (Å²) in [6, 6.07) is 3.74.